The molecule has 0 fully saturated rings. The Labute approximate surface area is 87.4 Å². The van der Waals surface area contributed by atoms with Crippen molar-refractivity contribution in [3.63, 3.8) is 0 Å². The van der Waals surface area contributed by atoms with E-state index < -0.39 is 0 Å². The van der Waals surface area contributed by atoms with Crippen LogP contribution < -0.4 is 5.73 Å². The summed E-state index contributed by atoms with van der Waals surface area (Å²) in [6, 6.07) is 1.86. The Morgan fingerprint density at radius 3 is 2.93 bits per heavy atom. The third kappa shape index (κ3) is 1.68. The highest BCUT2D eigenvalue weighted by Gasteiger charge is 2.06. The van der Waals surface area contributed by atoms with Crippen LogP contribution in [0.5, 0.6) is 0 Å². The van der Waals surface area contributed by atoms with Crippen molar-refractivity contribution in [1.29, 1.82) is 5.41 Å². The summed E-state index contributed by atoms with van der Waals surface area (Å²) in [5.41, 5.74) is 9.07. The van der Waals surface area contributed by atoms with Crippen LogP contribution in [0.25, 0.3) is 5.65 Å². The molecule has 0 saturated heterocycles. The standard InChI is InChI=1S/C10H13N5/c1-6-5-13-10-4-8(3-9(11)12)14-15(10)7(6)2/h4-5H,3H2,1-2H3,(H3,11,12). The van der Waals surface area contributed by atoms with Gasteiger partial charge in [-0.2, -0.15) is 5.10 Å². The molecule has 0 atom stereocenters. The minimum absolute atomic E-state index is 0.118. The van der Waals surface area contributed by atoms with Crippen molar-refractivity contribution in [3.05, 3.63) is 29.2 Å². The molecular weight excluding hydrogens is 190 g/mol. The third-order valence-electron chi connectivity index (χ3n) is 2.39. The van der Waals surface area contributed by atoms with Crippen molar-refractivity contribution < 1.29 is 0 Å². The molecule has 0 saturated carbocycles. The summed E-state index contributed by atoms with van der Waals surface area (Å²) in [5.74, 6) is 0.118. The molecule has 0 bridgehead atoms. The zero-order valence-corrected chi connectivity index (χ0v) is 8.78. The van der Waals surface area contributed by atoms with Crippen molar-refractivity contribution in [3.8, 4) is 0 Å². The number of aryl methyl sites for hydroxylation is 2. The fraction of sp³-hybridized carbons (Fsp3) is 0.300. The number of fused-ring (bicyclic) bond motifs is 1. The molecule has 2 aromatic heterocycles. The first kappa shape index (κ1) is 9.64. The normalized spacial score (nSPS) is 10.8. The van der Waals surface area contributed by atoms with E-state index in [2.05, 4.69) is 10.1 Å². The summed E-state index contributed by atoms with van der Waals surface area (Å²) in [4.78, 5) is 4.26. The molecule has 0 radical (unpaired) electrons. The van der Waals surface area contributed by atoms with Crippen LogP contribution in [-0.2, 0) is 6.42 Å². The fourth-order valence-electron chi connectivity index (χ4n) is 1.46. The van der Waals surface area contributed by atoms with Gasteiger partial charge in [-0.25, -0.2) is 9.50 Å². The van der Waals surface area contributed by atoms with E-state index >= 15 is 0 Å². The molecule has 0 aliphatic rings. The van der Waals surface area contributed by atoms with Crippen LogP contribution in [0, 0.1) is 19.3 Å². The number of hydrogen-bond acceptors (Lipinski definition) is 3. The molecule has 0 aromatic carbocycles. The van der Waals surface area contributed by atoms with Crippen LogP contribution >= 0.6 is 0 Å². The third-order valence-corrected chi connectivity index (χ3v) is 2.39. The van der Waals surface area contributed by atoms with Gasteiger partial charge in [0.05, 0.1) is 11.5 Å². The monoisotopic (exact) mass is 203 g/mol. The Morgan fingerprint density at radius 1 is 1.53 bits per heavy atom. The second-order valence-corrected chi connectivity index (χ2v) is 3.63. The maximum absolute atomic E-state index is 7.21. The fourth-order valence-corrected chi connectivity index (χ4v) is 1.46. The van der Waals surface area contributed by atoms with Crippen LogP contribution in [-0.4, -0.2) is 20.4 Å². The number of nitrogens with one attached hydrogen (secondary N) is 1. The lowest BCUT2D eigenvalue weighted by Gasteiger charge is -2.00. The van der Waals surface area contributed by atoms with Gasteiger partial charge >= 0.3 is 0 Å². The molecule has 15 heavy (non-hydrogen) atoms. The van der Waals surface area contributed by atoms with Crippen molar-refractivity contribution in [1.82, 2.24) is 14.6 Å². The van der Waals surface area contributed by atoms with Crippen molar-refractivity contribution in [2.24, 2.45) is 5.73 Å². The first-order chi connectivity index (χ1) is 7.08. The van der Waals surface area contributed by atoms with Gasteiger partial charge in [-0.15, -0.1) is 0 Å². The number of amidine groups is 1. The van der Waals surface area contributed by atoms with Crippen LogP contribution in [0.15, 0.2) is 12.3 Å². The van der Waals surface area contributed by atoms with Gasteiger partial charge in [0, 0.05) is 24.4 Å². The topological polar surface area (TPSA) is 80.1 Å². The van der Waals surface area contributed by atoms with Gasteiger partial charge in [-0.05, 0) is 19.4 Å². The summed E-state index contributed by atoms with van der Waals surface area (Å²) >= 11 is 0. The Morgan fingerprint density at radius 2 is 2.27 bits per heavy atom. The number of rotatable bonds is 2. The van der Waals surface area contributed by atoms with E-state index in [-0.39, 0.29) is 5.84 Å². The second-order valence-electron chi connectivity index (χ2n) is 3.63. The van der Waals surface area contributed by atoms with Gasteiger partial charge in [0.25, 0.3) is 0 Å². The average molecular weight is 203 g/mol. The van der Waals surface area contributed by atoms with Crippen LogP contribution in [0.2, 0.25) is 0 Å². The average Bonchev–Trinajstić information content (AvgIpc) is 2.54. The lowest BCUT2D eigenvalue weighted by atomic mass is 10.3. The van der Waals surface area contributed by atoms with Crippen LogP contribution in [0.1, 0.15) is 17.0 Å². The van der Waals surface area contributed by atoms with Crippen LogP contribution in [0.4, 0.5) is 0 Å². The molecule has 0 aliphatic heterocycles. The van der Waals surface area contributed by atoms with Crippen molar-refractivity contribution >= 4 is 11.5 Å². The van der Waals surface area contributed by atoms with Gasteiger partial charge in [-0.3, -0.25) is 5.41 Å². The number of hydrogen-bond donors (Lipinski definition) is 2. The molecule has 2 rings (SSSR count). The molecule has 3 N–H and O–H groups in total. The van der Waals surface area contributed by atoms with E-state index in [0.29, 0.717) is 6.42 Å². The molecule has 5 heteroatoms. The highest BCUT2D eigenvalue weighted by atomic mass is 15.3. The Bertz CT molecular complexity index is 526. The van der Waals surface area contributed by atoms with Gasteiger partial charge < -0.3 is 5.73 Å². The van der Waals surface area contributed by atoms with E-state index in [0.717, 1.165) is 22.6 Å². The van der Waals surface area contributed by atoms with Gasteiger partial charge in [-0.1, -0.05) is 0 Å². The van der Waals surface area contributed by atoms with Gasteiger partial charge in [0.1, 0.15) is 0 Å². The Kier molecular flexibility index (Phi) is 2.15. The maximum Gasteiger partial charge on any atom is 0.155 e. The molecule has 0 amide bonds. The number of nitrogens with zero attached hydrogens (tertiary/aromatic N) is 3. The zero-order chi connectivity index (χ0) is 11.0. The molecular formula is C10H13N5. The first-order valence-corrected chi connectivity index (χ1v) is 4.71. The molecule has 5 nitrogen and oxygen atoms in total. The minimum atomic E-state index is 0.118. The Balaban J connectivity index is 2.56. The predicted molar refractivity (Wildman–Crippen MR) is 58.1 cm³/mol. The molecule has 2 heterocycles. The van der Waals surface area contributed by atoms with Crippen molar-refractivity contribution in [2.45, 2.75) is 20.3 Å². The number of nitrogens with two attached hydrogens (primary N) is 1. The number of aromatic nitrogens is 3. The Hall–Kier alpha value is -1.91. The molecule has 0 spiro atoms. The smallest absolute Gasteiger partial charge is 0.155 e. The maximum atomic E-state index is 7.21. The SMILES string of the molecule is Cc1cnc2cc(CC(=N)N)nn2c1C. The molecule has 78 valence electrons. The largest absolute Gasteiger partial charge is 0.387 e. The van der Waals surface area contributed by atoms with Gasteiger partial charge in [0.15, 0.2) is 5.65 Å². The van der Waals surface area contributed by atoms with E-state index in [9.17, 15) is 0 Å². The molecule has 2 aromatic rings. The summed E-state index contributed by atoms with van der Waals surface area (Å²) in [6.45, 7) is 3.99. The summed E-state index contributed by atoms with van der Waals surface area (Å²) in [5, 5.41) is 11.6. The van der Waals surface area contributed by atoms with E-state index in [1.54, 1.807) is 4.52 Å². The lowest BCUT2D eigenvalue weighted by Crippen LogP contribution is -2.13. The van der Waals surface area contributed by atoms with E-state index in [1.807, 2.05) is 26.1 Å². The summed E-state index contributed by atoms with van der Waals surface area (Å²) in [6.07, 6.45) is 2.20. The van der Waals surface area contributed by atoms with Crippen molar-refractivity contribution in [2.75, 3.05) is 0 Å². The first-order valence-electron chi connectivity index (χ1n) is 4.71. The zero-order valence-electron chi connectivity index (χ0n) is 8.78. The van der Waals surface area contributed by atoms with Gasteiger partial charge in [0.2, 0.25) is 0 Å². The van der Waals surface area contributed by atoms with E-state index in [1.165, 1.54) is 0 Å². The molecule has 0 unspecified atom stereocenters. The minimum Gasteiger partial charge on any atom is -0.387 e. The molecule has 0 aliphatic carbocycles. The highest BCUT2D eigenvalue weighted by Crippen LogP contribution is 2.10. The quantitative estimate of drug-likeness (QED) is 0.560. The van der Waals surface area contributed by atoms with E-state index in [4.69, 9.17) is 11.1 Å². The summed E-state index contributed by atoms with van der Waals surface area (Å²) in [7, 11) is 0. The second kappa shape index (κ2) is 3.34. The lowest BCUT2D eigenvalue weighted by molar-refractivity contribution is 0.858. The summed E-state index contributed by atoms with van der Waals surface area (Å²) < 4.78 is 1.79. The van der Waals surface area contributed by atoms with Crippen LogP contribution in [0.3, 0.4) is 0 Å². The predicted octanol–water partition coefficient (Wildman–Crippen LogP) is 0.825. The highest BCUT2D eigenvalue weighted by molar-refractivity contribution is 5.79.